The number of carbonyl (C=O) groups is 1. The summed E-state index contributed by atoms with van der Waals surface area (Å²) in [5.41, 5.74) is 8.61. The fourth-order valence-corrected chi connectivity index (χ4v) is 5.52. The number of anilines is 1. The van der Waals surface area contributed by atoms with Crippen molar-refractivity contribution in [1.29, 1.82) is 0 Å². The first-order valence-corrected chi connectivity index (χ1v) is 11.8. The standard InChI is InChI=1S/C23H20N2O3S2/c24-23(26)21-14-10-17-4-1-2-5-19(17)20(21)13-9-16-7-11-18(12-8-16)25-30(27,28)22-6-3-15-29-22/h1-8,10-12,14-15,25H,9,13H2,(H2,24,26). The van der Waals surface area contributed by atoms with Crippen LogP contribution in [0.5, 0.6) is 0 Å². The van der Waals surface area contributed by atoms with Gasteiger partial charge in [-0.2, -0.15) is 0 Å². The van der Waals surface area contributed by atoms with E-state index in [1.165, 1.54) is 11.3 Å². The molecule has 1 aromatic heterocycles. The molecular formula is C23H20N2O3S2. The van der Waals surface area contributed by atoms with Crippen LogP contribution in [0.15, 0.2) is 82.4 Å². The zero-order valence-electron chi connectivity index (χ0n) is 16.0. The Balaban J connectivity index is 1.53. The van der Waals surface area contributed by atoms with Gasteiger partial charge in [-0.05, 0) is 64.4 Å². The van der Waals surface area contributed by atoms with Gasteiger partial charge in [0.25, 0.3) is 10.0 Å². The number of amides is 1. The van der Waals surface area contributed by atoms with Crippen molar-refractivity contribution in [3.8, 4) is 0 Å². The molecule has 1 amide bonds. The molecule has 0 fully saturated rings. The van der Waals surface area contributed by atoms with E-state index in [0.717, 1.165) is 21.9 Å². The van der Waals surface area contributed by atoms with Gasteiger partial charge < -0.3 is 5.73 Å². The van der Waals surface area contributed by atoms with Crippen LogP contribution in [0.3, 0.4) is 0 Å². The minimum atomic E-state index is -3.56. The molecule has 0 saturated carbocycles. The highest BCUT2D eigenvalue weighted by Crippen LogP contribution is 2.25. The molecule has 4 rings (SSSR count). The molecule has 0 atom stereocenters. The van der Waals surface area contributed by atoms with Crippen molar-refractivity contribution in [1.82, 2.24) is 0 Å². The fraction of sp³-hybridized carbons (Fsp3) is 0.0870. The molecule has 0 aliphatic heterocycles. The van der Waals surface area contributed by atoms with Gasteiger partial charge in [0.1, 0.15) is 4.21 Å². The highest BCUT2D eigenvalue weighted by molar-refractivity contribution is 7.94. The van der Waals surface area contributed by atoms with Gasteiger partial charge in [0.2, 0.25) is 5.91 Å². The minimum Gasteiger partial charge on any atom is -0.366 e. The van der Waals surface area contributed by atoms with Gasteiger partial charge in [-0.3, -0.25) is 9.52 Å². The Morgan fingerprint density at radius 3 is 2.37 bits per heavy atom. The summed E-state index contributed by atoms with van der Waals surface area (Å²) < 4.78 is 27.5. The van der Waals surface area contributed by atoms with Crippen molar-refractivity contribution in [3.63, 3.8) is 0 Å². The van der Waals surface area contributed by atoms with Crippen LogP contribution < -0.4 is 10.5 Å². The Kier molecular flexibility index (Phi) is 5.57. The number of nitrogens with two attached hydrogens (primary N) is 1. The first-order valence-electron chi connectivity index (χ1n) is 9.40. The molecule has 5 nitrogen and oxygen atoms in total. The molecule has 0 radical (unpaired) electrons. The molecule has 30 heavy (non-hydrogen) atoms. The summed E-state index contributed by atoms with van der Waals surface area (Å²) in [5, 5.41) is 3.82. The summed E-state index contributed by atoms with van der Waals surface area (Å²) in [6.45, 7) is 0. The van der Waals surface area contributed by atoms with Crippen LogP contribution in [0.4, 0.5) is 5.69 Å². The van der Waals surface area contributed by atoms with Crippen LogP contribution in [-0.2, 0) is 22.9 Å². The van der Waals surface area contributed by atoms with Crippen molar-refractivity contribution >= 4 is 43.7 Å². The lowest BCUT2D eigenvalue weighted by atomic mass is 9.93. The van der Waals surface area contributed by atoms with Gasteiger partial charge in [0.05, 0.1) is 0 Å². The Hall–Kier alpha value is -3.16. The lowest BCUT2D eigenvalue weighted by Crippen LogP contribution is -2.14. The normalized spacial score (nSPS) is 11.5. The molecule has 3 N–H and O–H groups in total. The lowest BCUT2D eigenvalue weighted by molar-refractivity contribution is 0.0999. The van der Waals surface area contributed by atoms with Crippen LogP contribution in [-0.4, -0.2) is 14.3 Å². The van der Waals surface area contributed by atoms with Gasteiger partial charge in [-0.25, -0.2) is 8.42 Å². The second-order valence-corrected chi connectivity index (χ2v) is 9.77. The number of sulfonamides is 1. The number of thiophene rings is 1. The number of carbonyl (C=O) groups excluding carboxylic acids is 1. The first kappa shape index (κ1) is 20.1. The van der Waals surface area contributed by atoms with E-state index in [4.69, 9.17) is 5.73 Å². The van der Waals surface area contributed by atoms with Gasteiger partial charge in [0, 0.05) is 11.3 Å². The van der Waals surface area contributed by atoms with Crippen LogP contribution in [0, 0.1) is 0 Å². The molecule has 1 heterocycles. The van der Waals surface area contributed by atoms with E-state index >= 15 is 0 Å². The first-order chi connectivity index (χ1) is 14.4. The predicted octanol–water partition coefficient (Wildman–Crippen LogP) is 4.59. The van der Waals surface area contributed by atoms with Crippen molar-refractivity contribution in [2.45, 2.75) is 17.1 Å². The highest BCUT2D eigenvalue weighted by atomic mass is 32.2. The average Bonchev–Trinajstić information content (AvgIpc) is 3.28. The molecular weight excluding hydrogens is 416 g/mol. The third kappa shape index (κ3) is 4.22. The van der Waals surface area contributed by atoms with E-state index in [1.54, 1.807) is 35.7 Å². The zero-order valence-corrected chi connectivity index (χ0v) is 17.7. The van der Waals surface area contributed by atoms with E-state index in [1.807, 2.05) is 42.5 Å². The Morgan fingerprint density at radius 2 is 1.67 bits per heavy atom. The second kappa shape index (κ2) is 8.30. The molecule has 0 aliphatic rings. The molecule has 4 aromatic rings. The molecule has 7 heteroatoms. The SMILES string of the molecule is NC(=O)c1ccc2ccccc2c1CCc1ccc(NS(=O)(=O)c2cccs2)cc1. The Labute approximate surface area is 179 Å². The number of benzene rings is 3. The highest BCUT2D eigenvalue weighted by Gasteiger charge is 2.15. The molecule has 0 spiro atoms. The second-order valence-electron chi connectivity index (χ2n) is 6.91. The maximum absolute atomic E-state index is 12.3. The zero-order chi connectivity index (χ0) is 21.1. The molecule has 0 bridgehead atoms. The number of aryl methyl sites for hydroxylation is 2. The van der Waals surface area contributed by atoms with Crippen LogP contribution >= 0.6 is 11.3 Å². The summed E-state index contributed by atoms with van der Waals surface area (Å²) in [7, 11) is -3.56. The fourth-order valence-electron chi connectivity index (χ4n) is 3.47. The van der Waals surface area contributed by atoms with Crippen molar-refractivity contribution in [2.24, 2.45) is 5.73 Å². The molecule has 152 valence electrons. The number of hydrogen-bond donors (Lipinski definition) is 2. The van der Waals surface area contributed by atoms with Gasteiger partial charge in [-0.1, -0.05) is 48.5 Å². The largest absolute Gasteiger partial charge is 0.366 e. The third-order valence-corrected chi connectivity index (χ3v) is 7.71. The van der Waals surface area contributed by atoms with Gasteiger partial charge in [0.15, 0.2) is 0 Å². The molecule has 0 saturated heterocycles. The monoisotopic (exact) mass is 436 g/mol. The van der Waals surface area contributed by atoms with Crippen LogP contribution in [0.1, 0.15) is 21.5 Å². The maximum atomic E-state index is 12.3. The number of fused-ring (bicyclic) bond motifs is 1. The Morgan fingerprint density at radius 1 is 0.900 bits per heavy atom. The topological polar surface area (TPSA) is 89.3 Å². The van der Waals surface area contributed by atoms with E-state index in [0.29, 0.717) is 24.1 Å². The van der Waals surface area contributed by atoms with Gasteiger partial charge >= 0.3 is 0 Å². The van der Waals surface area contributed by atoms with Crippen molar-refractivity contribution in [2.75, 3.05) is 4.72 Å². The number of hydrogen-bond acceptors (Lipinski definition) is 4. The molecule has 0 unspecified atom stereocenters. The summed E-state index contributed by atoms with van der Waals surface area (Å²) >= 11 is 1.17. The molecule has 3 aromatic carbocycles. The summed E-state index contributed by atoms with van der Waals surface area (Å²) in [6, 6.07) is 22.2. The van der Waals surface area contributed by atoms with E-state index in [2.05, 4.69) is 4.72 Å². The van der Waals surface area contributed by atoms with E-state index in [9.17, 15) is 13.2 Å². The lowest BCUT2D eigenvalue weighted by Gasteiger charge is -2.12. The summed E-state index contributed by atoms with van der Waals surface area (Å²) in [4.78, 5) is 11.9. The average molecular weight is 437 g/mol. The van der Waals surface area contributed by atoms with Crippen LogP contribution in [0.2, 0.25) is 0 Å². The predicted molar refractivity (Wildman–Crippen MR) is 121 cm³/mol. The van der Waals surface area contributed by atoms with Gasteiger partial charge in [-0.15, -0.1) is 11.3 Å². The number of rotatable bonds is 7. The van der Waals surface area contributed by atoms with Crippen molar-refractivity contribution in [3.05, 3.63) is 94.9 Å². The summed E-state index contributed by atoms with van der Waals surface area (Å²) in [5.74, 6) is -0.436. The number of primary amides is 1. The van der Waals surface area contributed by atoms with E-state index in [-0.39, 0.29) is 4.21 Å². The van der Waals surface area contributed by atoms with E-state index < -0.39 is 15.9 Å². The molecule has 0 aliphatic carbocycles. The van der Waals surface area contributed by atoms with Crippen molar-refractivity contribution < 1.29 is 13.2 Å². The quantitative estimate of drug-likeness (QED) is 0.444. The maximum Gasteiger partial charge on any atom is 0.271 e. The Bertz CT molecular complexity index is 1300. The minimum absolute atomic E-state index is 0.279. The smallest absolute Gasteiger partial charge is 0.271 e. The summed E-state index contributed by atoms with van der Waals surface area (Å²) in [6.07, 6.45) is 1.35. The third-order valence-electron chi connectivity index (χ3n) is 4.94. The number of nitrogens with one attached hydrogen (secondary N) is 1. The van der Waals surface area contributed by atoms with Crippen LogP contribution in [0.25, 0.3) is 10.8 Å².